The van der Waals surface area contributed by atoms with Crippen molar-refractivity contribution in [1.82, 2.24) is 0 Å². The molecule has 2 rings (SSSR count). The highest BCUT2D eigenvalue weighted by molar-refractivity contribution is 9.12. The van der Waals surface area contributed by atoms with Crippen LogP contribution in [0.15, 0.2) is 40.6 Å². The Bertz CT molecular complexity index is 670. The molecule has 0 saturated carbocycles. The zero-order chi connectivity index (χ0) is 14.3. The van der Waals surface area contributed by atoms with Crippen molar-refractivity contribution in [3.8, 4) is 22.6 Å². The van der Waals surface area contributed by atoms with Crippen molar-refractivity contribution in [3.05, 3.63) is 40.6 Å². The summed E-state index contributed by atoms with van der Waals surface area (Å²) in [6.07, 6.45) is 0. The number of phenols is 2. The van der Waals surface area contributed by atoms with E-state index in [0.717, 1.165) is 20.1 Å². The van der Waals surface area contributed by atoms with Gasteiger partial charge in [0.2, 0.25) is 0 Å². The Kier molecular flexibility index (Phi) is 5.04. The molecule has 0 spiro atoms. The van der Waals surface area contributed by atoms with Gasteiger partial charge in [-0.2, -0.15) is 0 Å². The van der Waals surface area contributed by atoms with Crippen LogP contribution >= 0.6 is 79.6 Å². The first kappa shape index (κ1) is 15.8. The Morgan fingerprint density at radius 1 is 0.684 bits per heavy atom. The smallest absolute Gasteiger partial charge is 0.144 e. The van der Waals surface area contributed by atoms with E-state index in [4.69, 9.17) is 0 Å². The minimum absolute atomic E-state index is 0.0975. The second-order valence-corrected chi connectivity index (χ2v) is 7.78. The summed E-state index contributed by atoms with van der Waals surface area (Å²) < 4.78 is 3.21. The van der Waals surface area contributed by atoms with Gasteiger partial charge in [-0.05, 0) is 66.0 Å². The van der Waals surface area contributed by atoms with Crippen molar-refractivity contribution in [2.45, 2.75) is 0 Å². The Morgan fingerprint density at radius 3 is 1.89 bits per heavy atom. The lowest BCUT2D eigenvalue weighted by atomic mass is 10.1. The van der Waals surface area contributed by atoms with E-state index in [9.17, 15) is 10.2 Å². The maximum Gasteiger partial charge on any atom is 0.144 e. The van der Waals surface area contributed by atoms with Gasteiger partial charge in [0, 0.05) is 20.1 Å². The maximum atomic E-state index is 10.0. The van der Waals surface area contributed by atoms with Crippen molar-refractivity contribution in [2.24, 2.45) is 0 Å². The van der Waals surface area contributed by atoms with E-state index in [1.54, 1.807) is 18.2 Å². The molecule has 100 valence electrons. The van der Waals surface area contributed by atoms with Crippen molar-refractivity contribution in [2.75, 3.05) is 0 Å². The Morgan fingerprint density at radius 2 is 1.26 bits per heavy atom. The van der Waals surface area contributed by atoms with Crippen molar-refractivity contribution < 1.29 is 10.2 Å². The Hall–Kier alpha value is 0.440. The summed E-state index contributed by atoms with van der Waals surface area (Å²) in [6, 6.07) is 5.07. The fourth-order valence-electron chi connectivity index (χ4n) is 1.58. The molecule has 0 radical (unpaired) electrons. The van der Waals surface area contributed by atoms with Crippen LogP contribution in [0.25, 0.3) is 11.1 Å². The van der Waals surface area contributed by atoms with Crippen LogP contribution in [0.2, 0.25) is 0 Å². The van der Waals surface area contributed by atoms with Crippen LogP contribution in [0, 0.1) is 0 Å². The van der Waals surface area contributed by atoms with Gasteiger partial charge in [-0.25, -0.2) is 0 Å². The van der Waals surface area contributed by atoms with Crippen LogP contribution in [-0.4, -0.2) is 10.2 Å². The summed E-state index contributed by atoms with van der Waals surface area (Å²) in [7, 11) is 0. The predicted molar refractivity (Wildman–Crippen MR) is 93.7 cm³/mol. The molecule has 0 aliphatic rings. The first-order chi connectivity index (χ1) is 8.84. The summed E-state index contributed by atoms with van der Waals surface area (Å²) in [6.45, 7) is 0. The molecule has 0 unspecified atom stereocenters. The molecule has 0 saturated heterocycles. The number of rotatable bonds is 1. The molecule has 0 aliphatic heterocycles. The Balaban J connectivity index is 2.88. The zero-order valence-electron chi connectivity index (χ0n) is 9.02. The highest BCUT2D eigenvalue weighted by atomic mass is 79.9. The second kappa shape index (κ2) is 6.05. The van der Waals surface area contributed by atoms with Gasteiger partial charge in [0.05, 0.1) is 13.4 Å². The molecule has 0 aromatic heterocycles. The lowest BCUT2D eigenvalue weighted by molar-refractivity contribution is 0.468. The van der Waals surface area contributed by atoms with E-state index in [2.05, 4.69) is 79.6 Å². The van der Waals surface area contributed by atoms with E-state index >= 15 is 0 Å². The molecule has 7 heteroatoms. The van der Waals surface area contributed by atoms with Crippen molar-refractivity contribution in [1.29, 1.82) is 0 Å². The topological polar surface area (TPSA) is 40.5 Å². The zero-order valence-corrected chi connectivity index (χ0v) is 16.9. The predicted octanol–water partition coefficient (Wildman–Crippen LogP) is 6.58. The number of halogens is 5. The SMILES string of the molecule is Oc1ccc(Br)c(-c2c(Br)cc(Br)c(O)c2Br)c1Br. The highest BCUT2D eigenvalue weighted by Gasteiger charge is 2.20. The normalized spacial score (nSPS) is 10.8. The fourth-order valence-corrected chi connectivity index (χ4v) is 5.44. The van der Waals surface area contributed by atoms with E-state index in [0.29, 0.717) is 13.4 Å². The molecule has 2 aromatic carbocycles. The number of hydrogen-bond donors (Lipinski definition) is 2. The lowest BCUT2D eigenvalue weighted by Gasteiger charge is -2.15. The van der Waals surface area contributed by atoms with Crippen LogP contribution in [0.1, 0.15) is 0 Å². The third kappa shape index (κ3) is 2.90. The fraction of sp³-hybridized carbons (Fsp3) is 0. The van der Waals surface area contributed by atoms with Gasteiger partial charge in [0.25, 0.3) is 0 Å². The van der Waals surface area contributed by atoms with E-state index < -0.39 is 0 Å². The molecule has 2 aromatic rings. The molecule has 2 nitrogen and oxygen atoms in total. The monoisotopic (exact) mass is 576 g/mol. The van der Waals surface area contributed by atoms with Crippen LogP contribution in [0.4, 0.5) is 0 Å². The average molecular weight is 581 g/mol. The number of hydrogen-bond acceptors (Lipinski definition) is 2. The third-order valence-corrected chi connectivity index (χ3v) is 5.93. The maximum absolute atomic E-state index is 10.0. The van der Waals surface area contributed by atoms with Gasteiger partial charge >= 0.3 is 0 Å². The van der Waals surface area contributed by atoms with Gasteiger partial charge in [0.1, 0.15) is 11.5 Å². The average Bonchev–Trinajstić information content (AvgIpc) is 2.35. The summed E-state index contributed by atoms with van der Waals surface area (Å²) in [5.74, 6) is 0.222. The van der Waals surface area contributed by atoms with Gasteiger partial charge in [-0.15, -0.1) is 0 Å². The third-order valence-electron chi connectivity index (χ3n) is 2.47. The van der Waals surface area contributed by atoms with E-state index in [1.165, 1.54) is 0 Å². The number of aromatic hydroxyl groups is 2. The molecule has 0 heterocycles. The quantitative estimate of drug-likeness (QED) is 0.400. The highest BCUT2D eigenvalue weighted by Crippen LogP contribution is 2.50. The standard InChI is InChI=1S/C12H5Br5O2/c13-4-1-2-7(18)10(16)8(4)9-5(14)3-6(15)12(19)11(9)17/h1-3,18-19H. The van der Waals surface area contributed by atoms with Crippen LogP contribution in [0.3, 0.4) is 0 Å². The second-order valence-electron chi connectivity index (χ2n) is 3.63. The van der Waals surface area contributed by atoms with Gasteiger partial charge in [0.15, 0.2) is 0 Å². The first-order valence-corrected chi connectivity index (χ1v) is 8.85. The van der Waals surface area contributed by atoms with E-state index in [-0.39, 0.29) is 11.5 Å². The largest absolute Gasteiger partial charge is 0.507 e. The lowest BCUT2D eigenvalue weighted by Crippen LogP contribution is -1.88. The molecule has 19 heavy (non-hydrogen) atoms. The van der Waals surface area contributed by atoms with Crippen LogP contribution < -0.4 is 0 Å². The van der Waals surface area contributed by atoms with Gasteiger partial charge < -0.3 is 10.2 Å². The molecule has 0 atom stereocenters. The van der Waals surface area contributed by atoms with Crippen LogP contribution in [-0.2, 0) is 0 Å². The first-order valence-electron chi connectivity index (χ1n) is 4.88. The molecular weight excluding hydrogens is 576 g/mol. The molecule has 0 bridgehead atoms. The summed E-state index contributed by atoms with van der Waals surface area (Å²) in [5.41, 5.74) is 1.47. The molecule has 2 N–H and O–H groups in total. The number of benzene rings is 2. The number of phenolic OH excluding ortho intramolecular Hbond substituents is 2. The van der Waals surface area contributed by atoms with Crippen LogP contribution in [0.5, 0.6) is 11.5 Å². The van der Waals surface area contributed by atoms with Crippen molar-refractivity contribution in [3.63, 3.8) is 0 Å². The molecular formula is C12H5Br5O2. The molecule has 0 amide bonds. The van der Waals surface area contributed by atoms with Gasteiger partial charge in [-0.1, -0.05) is 31.9 Å². The molecule has 0 fully saturated rings. The minimum Gasteiger partial charge on any atom is -0.507 e. The molecule has 0 aliphatic carbocycles. The Labute approximate surface area is 151 Å². The van der Waals surface area contributed by atoms with Crippen molar-refractivity contribution >= 4 is 79.6 Å². The summed E-state index contributed by atoms with van der Waals surface area (Å²) >= 11 is 16.9. The minimum atomic E-state index is 0.0975. The summed E-state index contributed by atoms with van der Waals surface area (Å²) in [4.78, 5) is 0. The van der Waals surface area contributed by atoms with Gasteiger partial charge in [-0.3, -0.25) is 0 Å². The van der Waals surface area contributed by atoms with E-state index in [1.807, 2.05) is 0 Å². The summed E-state index contributed by atoms with van der Waals surface area (Å²) in [5, 5.41) is 19.8.